The average molecular weight is 253 g/mol. The van der Waals surface area contributed by atoms with Gasteiger partial charge in [0.15, 0.2) is 0 Å². The van der Waals surface area contributed by atoms with E-state index >= 15 is 0 Å². The summed E-state index contributed by atoms with van der Waals surface area (Å²) >= 11 is 0. The minimum absolute atomic E-state index is 0.0683. The van der Waals surface area contributed by atoms with E-state index in [4.69, 9.17) is 9.47 Å². The first-order valence-electron chi connectivity index (χ1n) is 6.38. The molecule has 0 spiro atoms. The number of hydrogen-bond acceptors (Lipinski definition) is 3. The van der Waals surface area contributed by atoms with Crippen LogP contribution in [0, 0.1) is 5.82 Å². The summed E-state index contributed by atoms with van der Waals surface area (Å²) in [7, 11) is 1.61. The number of methoxy groups -OCH3 is 1. The number of benzene rings is 1. The molecule has 1 saturated heterocycles. The molecule has 0 amide bonds. The number of rotatable bonds is 4. The van der Waals surface area contributed by atoms with Crippen LogP contribution < -0.4 is 10.1 Å². The Hall–Kier alpha value is -1.13. The SMILES string of the molecule is COc1ccc(F)cc1[C@H](C)NC1CCOCC1. The zero-order chi connectivity index (χ0) is 13.0. The third kappa shape index (κ3) is 3.21. The van der Waals surface area contributed by atoms with Crippen LogP contribution in [-0.4, -0.2) is 26.4 Å². The van der Waals surface area contributed by atoms with Gasteiger partial charge in [0.25, 0.3) is 0 Å². The maximum absolute atomic E-state index is 13.3. The fourth-order valence-corrected chi connectivity index (χ4v) is 2.35. The zero-order valence-electron chi connectivity index (χ0n) is 10.9. The minimum atomic E-state index is -0.230. The van der Waals surface area contributed by atoms with Crippen molar-refractivity contribution in [2.24, 2.45) is 0 Å². The van der Waals surface area contributed by atoms with Crippen LogP contribution in [0.3, 0.4) is 0 Å². The van der Waals surface area contributed by atoms with Gasteiger partial charge in [0, 0.05) is 30.9 Å². The highest BCUT2D eigenvalue weighted by atomic mass is 19.1. The molecule has 100 valence electrons. The molecule has 0 bridgehead atoms. The van der Waals surface area contributed by atoms with Gasteiger partial charge in [0.1, 0.15) is 11.6 Å². The van der Waals surface area contributed by atoms with Gasteiger partial charge in [-0.3, -0.25) is 0 Å². The first kappa shape index (κ1) is 13.3. The van der Waals surface area contributed by atoms with Gasteiger partial charge < -0.3 is 14.8 Å². The highest BCUT2D eigenvalue weighted by Gasteiger charge is 2.19. The van der Waals surface area contributed by atoms with Gasteiger partial charge in [-0.25, -0.2) is 4.39 Å². The lowest BCUT2D eigenvalue weighted by Gasteiger charge is -2.27. The Balaban J connectivity index is 2.07. The molecule has 1 heterocycles. The summed E-state index contributed by atoms with van der Waals surface area (Å²) in [4.78, 5) is 0. The Kier molecular flexibility index (Phi) is 4.55. The zero-order valence-corrected chi connectivity index (χ0v) is 10.9. The lowest BCUT2D eigenvalue weighted by Crippen LogP contribution is -2.36. The van der Waals surface area contributed by atoms with Gasteiger partial charge >= 0.3 is 0 Å². The second-order valence-electron chi connectivity index (χ2n) is 4.66. The van der Waals surface area contributed by atoms with Crippen molar-refractivity contribution in [2.45, 2.75) is 31.8 Å². The van der Waals surface area contributed by atoms with Gasteiger partial charge in [0.2, 0.25) is 0 Å². The van der Waals surface area contributed by atoms with Gasteiger partial charge in [-0.15, -0.1) is 0 Å². The van der Waals surface area contributed by atoms with Crippen molar-refractivity contribution in [1.82, 2.24) is 5.32 Å². The van der Waals surface area contributed by atoms with E-state index in [1.807, 2.05) is 6.92 Å². The van der Waals surface area contributed by atoms with Crippen LogP contribution in [0.15, 0.2) is 18.2 Å². The average Bonchev–Trinajstić information content (AvgIpc) is 2.40. The molecule has 0 unspecified atom stereocenters. The van der Waals surface area contributed by atoms with E-state index in [1.165, 1.54) is 12.1 Å². The van der Waals surface area contributed by atoms with Gasteiger partial charge in [-0.05, 0) is 38.0 Å². The van der Waals surface area contributed by atoms with Crippen LogP contribution in [0.1, 0.15) is 31.4 Å². The Morgan fingerprint density at radius 1 is 1.39 bits per heavy atom. The fourth-order valence-electron chi connectivity index (χ4n) is 2.35. The molecule has 2 rings (SSSR count). The second-order valence-corrected chi connectivity index (χ2v) is 4.66. The van der Waals surface area contributed by atoms with Crippen molar-refractivity contribution in [1.29, 1.82) is 0 Å². The molecular formula is C14H20FNO2. The number of ether oxygens (including phenoxy) is 2. The third-order valence-electron chi connectivity index (χ3n) is 3.37. The quantitative estimate of drug-likeness (QED) is 0.895. The molecule has 0 radical (unpaired) electrons. The minimum Gasteiger partial charge on any atom is -0.496 e. The Labute approximate surface area is 107 Å². The van der Waals surface area contributed by atoms with Crippen molar-refractivity contribution in [3.63, 3.8) is 0 Å². The maximum Gasteiger partial charge on any atom is 0.123 e. The van der Waals surface area contributed by atoms with E-state index in [9.17, 15) is 4.39 Å². The fraction of sp³-hybridized carbons (Fsp3) is 0.571. The predicted molar refractivity (Wildman–Crippen MR) is 68.3 cm³/mol. The molecular weight excluding hydrogens is 233 g/mol. The van der Waals surface area contributed by atoms with Crippen LogP contribution in [0.4, 0.5) is 4.39 Å². The Morgan fingerprint density at radius 2 is 2.11 bits per heavy atom. The largest absolute Gasteiger partial charge is 0.496 e. The van der Waals surface area contributed by atoms with E-state index in [0.717, 1.165) is 37.4 Å². The molecule has 1 aromatic carbocycles. The second kappa shape index (κ2) is 6.16. The van der Waals surface area contributed by atoms with Gasteiger partial charge in [-0.2, -0.15) is 0 Å². The summed E-state index contributed by atoms with van der Waals surface area (Å²) in [6.45, 7) is 3.63. The first-order chi connectivity index (χ1) is 8.70. The lowest BCUT2D eigenvalue weighted by atomic mass is 10.0. The van der Waals surface area contributed by atoms with Crippen molar-refractivity contribution in [3.05, 3.63) is 29.6 Å². The molecule has 1 fully saturated rings. The van der Waals surface area contributed by atoms with Crippen LogP contribution in [0.25, 0.3) is 0 Å². The van der Waals surface area contributed by atoms with E-state index in [2.05, 4.69) is 5.32 Å². The molecule has 1 atom stereocenters. The topological polar surface area (TPSA) is 30.5 Å². The highest BCUT2D eigenvalue weighted by Crippen LogP contribution is 2.26. The van der Waals surface area contributed by atoms with Crippen molar-refractivity contribution >= 4 is 0 Å². The van der Waals surface area contributed by atoms with E-state index in [1.54, 1.807) is 13.2 Å². The smallest absolute Gasteiger partial charge is 0.123 e. The molecule has 18 heavy (non-hydrogen) atoms. The monoisotopic (exact) mass is 253 g/mol. The van der Waals surface area contributed by atoms with Crippen LogP contribution in [0.2, 0.25) is 0 Å². The van der Waals surface area contributed by atoms with Gasteiger partial charge in [0.05, 0.1) is 7.11 Å². The summed E-state index contributed by atoms with van der Waals surface area (Å²) in [6.07, 6.45) is 2.00. The number of nitrogens with one attached hydrogen (secondary N) is 1. The van der Waals surface area contributed by atoms with Gasteiger partial charge in [-0.1, -0.05) is 0 Å². The molecule has 0 aliphatic carbocycles. The number of halogens is 1. The van der Waals surface area contributed by atoms with E-state index in [-0.39, 0.29) is 11.9 Å². The lowest BCUT2D eigenvalue weighted by molar-refractivity contribution is 0.0753. The summed E-state index contributed by atoms with van der Waals surface area (Å²) < 4.78 is 23.9. The van der Waals surface area contributed by atoms with Crippen LogP contribution in [-0.2, 0) is 4.74 Å². The van der Waals surface area contributed by atoms with Crippen LogP contribution >= 0.6 is 0 Å². The maximum atomic E-state index is 13.3. The summed E-state index contributed by atoms with van der Waals surface area (Å²) in [5.41, 5.74) is 0.865. The third-order valence-corrected chi connectivity index (χ3v) is 3.37. The first-order valence-corrected chi connectivity index (χ1v) is 6.38. The van der Waals surface area contributed by atoms with Crippen LogP contribution in [0.5, 0.6) is 5.75 Å². The number of hydrogen-bond donors (Lipinski definition) is 1. The Bertz CT molecular complexity index is 391. The Morgan fingerprint density at radius 3 is 2.78 bits per heavy atom. The molecule has 0 saturated carbocycles. The standard InChI is InChI=1S/C14H20FNO2/c1-10(16-12-5-7-18-8-6-12)13-9-11(15)3-4-14(13)17-2/h3-4,9-10,12,16H,5-8H2,1-2H3/t10-/m0/s1. The van der Waals surface area contributed by atoms with Crippen molar-refractivity contribution in [2.75, 3.05) is 20.3 Å². The summed E-state index contributed by atoms with van der Waals surface area (Å²) in [5, 5.41) is 3.51. The van der Waals surface area contributed by atoms with E-state index in [0.29, 0.717) is 6.04 Å². The van der Waals surface area contributed by atoms with E-state index < -0.39 is 0 Å². The molecule has 0 aromatic heterocycles. The summed E-state index contributed by atoms with van der Waals surface area (Å²) in [6, 6.07) is 5.13. The normalized spacial score (nSPS) is 18.6. The van der Waals surface area contributed by atoms with Crippen molar-refractivity contribution in [3.8, 4) is 5.75 Å². The highest BCUT2D eigenvalue weighted by molar-refractivity contribution is 5.36. The molecule has 1 N–H and O–H groups in total. The molecule has 1 aliphatic heterocycles. The predicted octanol–water partition coefficient (Wildman–Crippen LogP) is 2.66. The molecule has 1 aliphatic rings. The molecule has 3 nitrogen and oxygen atoms in total. The van der Waals surface area contributed by atoms with Crippen molar-refractivity contribution < 1.29 is 13.9 Å². The molecule has 4 heteroatoms. The molecule has 1 aromatic rings. The summed E-state index contributed by atoms with van der Waals surface area (Å²) in [5.74, 6) is 0.495.